The molecule has 30 heavy (non-hydrogen) atoms. The summed E-state index contributed by atoms with van der Waals surface area (Å²) in [5.41, 5.74) is 1.71. The van der Waals surface area contributed by atoms with Gasteiger partial charge in [0.1, 0.15) is 11.4 Å². The molecule has 150 valence electrons. The van der Waals surface area contributed by atoms with E-state index in [1.807, 2.05) is 4.90 Å². The van der Waals surface area contributed by atoms with Crippen molar-refractivity contribution in [2.75, 3.05) is 18.0 Å². The Labute approximate surface area is 171 Å². The number of pyridine rings is 1. The third-order valence-corrected chi connectivity index (χ3v) is 5.22. The van der Waals surface area contributed by atoms with Gasteiger partial charge in [0.15, 0.2) is 0 Å². The first-order valence-corrected chi connectivity index (χ1v) is 9.64. The molecule has 1 aliphatic heterocycles. The number of aromatic nitrogens is 3. The fraction of sp³-hybridized carbons (Fsp3) is 0.182. The molecule has 1 aromatic carbocycles. The molecule has 4 heterocycles. The highest BCUT2D eigenvalue weighted by Gasteiger charge is 2.26. The summed E-state index contributed by atoms with van der Waals surface area (Å²) in [7, 11) is 0. The molecular weight excluding hydrogens is 385 g/mol. The maximum atomic E-state index is 14.9. The van der Waals surface area contributed by atoms with Gasteiger partial charge in [0.25, 0.3) is 5.91 Å². The number of fused-ring (bicyclic) bond motifs is 1. The second-order valence-electron chi connectivity index (χ2n) is 7.14. The van der Waals surface area contributed by atoms with Gasteiger partial charge < -0.3 is 14.6 Å². The van der Waals surface area contributed by atoms with Crippen LogP contribution in [0.3, 0.4) is 0 Å². The fourth-order valence-corrected chi connectivity index (χ4v) is 3.74. The van der Waals surface area contributed by atoms with Crippen LogP contribution in [0.5, 0.6) is 0 Å². The van der Waals surface area contributed by atoms with Gasteiger partial charge in [-0.1, -0.05) is 0 Å². The van der Waals surface area contributed by atoms with Gasteiger partial charge in [-0.2, -0.15) is 0 Å². The minimum Gasteiger partial charge on any atom is -0.464 e. The van der Waals surface area contributed by atoms with Crippen LogP contribution in [0.2, 0.25) is 0 Å². The predicted molar refractivity (Wildman–Crippen MR) is 110 cm³/mol. The zero-order valence-electron chi connectivity index (χ0n) is 16.0. The standard InChI is InChI=1S/C22H18FN5O2/c23-18-12-14(2-3-16(18)20-17-6-11-30-19(17)4-9-24-20)21(29)27-15-5-10-28(13-15)22-25-7-1-8-26-22/h1-4,6-9,11-12,15H,5,10,13H2,(H,27,29). The molecule has 1 N–H and O–H groups in total. The minimum absolute atomic E-state index is 0.0506. The van der Waals surface area contributed by atoms with E-state index >= 15 is 0 Å². The quantitative estimate of drug-likeness (QED) is 0.562. The number of halogens is 1. The Morgan fingerprint density at radius 3 is 2.83 bits per heavy atom. The number of hydrogen-bond acceptors (Lipinski definition) is 6. The second-order valence-corrected chi connectivity index (χ2v) is 7.14. The number of benzene rings is 1. The molecule has 0 saturated carbocycles. The van der Waals surface area contributed by atoms with E-state index in [-0.39, 0.29) is 17.5 Å². The molecule has 7 nitrogen and oxygen atoms in total. The Kier molecular flexibility index (Phi) is 4.59. The fourth-order valence-electron chi connectivity index (χ4n) is 3.74. The van der Waals surface area contributed by atoms with Crippen molar-refractivity contribution in [1.29, 1.82) is 0 Å². The zero-order valence-corrected chi connectivity index (χ0v) is 16.0. The third kappa shape index (κ3) is 3.36. The van der Waals surface area contributed by atoms with Gasteiger partial charge in [0.2, 0.25) is 5.95 Å². The number of nitrogens with one attached hydrogen (secondary N) is 1. The summed E-state index contributed by atoms with van der Waals surface area (Å²) in [5, 5.41) is 3.70. The first-order chi connectivity index (χ1) is 14.7. The maximum absolute atomic E-state index is 14.9. The molecule has 3 aromatic heterocycles. The lowest BCUT2D eigenvalue weighted by atomic mass is 10.0. The molecule has 8 heteroatoms. The SMILES string of the molecule is O=C(NC1CCN(c2ncccn2)C1)c1ccc(-c2nccc3occc23)c(F)c1. The highest BCUT2D eigenvalue weighted by atomic mass is 19.1. The van der Waals surface area contributed by atoms with Crippen molar-refractivity contribution in [2.45, 2.75) is 12.5 Å². The van der Waals surface area contributed by atoms with E-state index in [4.69, 9.17) is 4.42 Å². The minimum atomic E-state index is -0.505. The van der Waals surface area contributed by atoms with Gasteiger partial charge in [-0.3, -0.25) is 9.78 Å². The van der Waals surface area contributed by atoms with Gasteiger partial charge in [-0.05, 0) is 42.8 Å². The summed E-state index contributed by atoms with van der Waals surface area (Å²) in [5.74, 6) is -0.170. The second kappa shape index (κ2) is 7.55. The van der Waals surface area contributed by atoms with Crippen LogP contribution in [-0.2, 0) is 0 Å². The van der Waals surface area contributed by atoms with Crippen LogP contribution in [-0.4, -0.2) is 40.0 Å². The molecule has 1 unspecified atom stereocenters. The Hall–Kier alpha value is -3.81. The van der Waals surface area contributed by atoms with E-state index in [1.165, 1.54) is 6.07 Å². The Morgan fingerprint density at radius 1 is 1.13 bits per heavy atom. The number of furan rings is 1. The number of rotatable bonds is 4. The van der Waals surface area contributed by atoms with Gasteiger partial charge in [-0.15, -0.1) is 0 Å². The van der Waals surface area contributed by atoms with Crippen molar-refractivity contribution in [3.63, 3.8) is 0 Å². The number of hydrogen-bond donors (Lipinski definition) is 1. The molecule has 0 aliphatic carbocycles. The van der Waals surface area contributed by atoms with Crippen molar-refractivity contribution < 1.29 is 13.6 Å². The number of carbonyl (C=O) groups excluding carboxylic acids is 1. The number of amides is 1. The zero-order chi connectivity index (χ0) is 20.5. The lowest BCUT2D eigenvalue weighted by Gasteiger charge is -2.16. The van der Waals surface area contributed by atoms with Gasteiger partial charge >= 0.3 is 0 Å². The molecule has 1 saturated heterocycles. The molecule has 1 amide bonds. The molecule has 0 spiro atoms. The van der Waals surface area contributed by atoms with E-state index in [0.29, 0.717) is 29.3 Å². The number of nitrogens with zero attached hydrogens (tertiary/aromatic N) is 4. The molecule has 0 bridgehead atoms. The van der Waals surface area contributed by atoms with Crippen molar-refractivity contribution in [3.8, 4) is 11.3 Å². The van der Waals surface area contributed by atoms with E-state index < -0.39 is 5.82 Å². The van der Waals surface area contributed by atoms with Crippen LogP contribution in [0.4, 0.5) is 10.3 Å². The average Bonchev–Trinajstić information content (AvgIpc) is 3.44. The van der Waals surface area contributed by atoms with Gasteiger partial charge in [0.05, 0.1) is 12.0 Å². The lowest BCUT2D eigenvalue weighted by molar-refractivity contribution is 0.0940. The topological polar surface area (TPSA) is 84.2 Å². The van der Waals surface area contributed by atoms with Crippen LogP contribution in [0, 0.1) is 5.82 Å². The highest BCUT2D eigenvalue weighted by molar-refractivity contribution is 5.96. The summed E-state index contributed by atoms with van der Waals surface area (Å²) >= 11 is 0. The summed E-state index contributed by atoms with van der Waals surface area (Å²) in [6.45, 7) is 1.37. The Balaban J connectivity index is 1.31. The highest BCUT2D eigenvalue weighted by Crippen LogP contribution is 2.29. The molecule has 1 atom stereocenters. The summed E-state index contributed by atoms with van der Waals surface area (Å²) in [6, 6.07) is 9.63. The lowest BCUT2D eigenvalue weighted by Crippen LogP contribution is -2.37. The molecular formula is C22H18FN5O2. The van der Waals surface area contributed by atoms with Crippen molar-refractivity contribution in [2.24, 2.45) is 0 Å². The van der Waals surface area contributed by atoms with Crippen molar-refractivity contribution in [3.05, 3.63) is 72.6 Å². The molecule has 1 fully saturated rings. The molecule has 4 aromatic rings. The van der Waals surface area contributed by atoms with E-state index in [1.54, 1.807) is 55.2 Å². The van der Waals surface area contributed by atoms with E-state index in [2.05, 4.69) is 20.3 Å². The van der Waals surface area contributed by atoms with Gasteiger partial charge in [-0.25, -0.2) is 14.4 Å². The third-order valence-electron chi connectivity index (χ3n) is 5.22. The van der Waals surface area contributed by atoms with Crippen LogP contribution in [0.1, 0.15) is 16.8 Å². The van der Waals surface area contributed by atoms with E-state index in [0.717, 1.165) is 18.4 Å². The Morgan fingerprint density at radius 2 is 2.00 bits per heavy atom. The van der Waals surface area contributed by atoms with Crippen LogP contribution in [0.25, 0.3) is 22.2 Å². The van der Waals surface area contributed by atoms with Gasteiger partial charge in [0, 0.05) is 54.2 Å². The first kappa shape index (κ1) is 18.2. The smallest absolute Gasteiger partial charge is 0.251 e. The molecule has 5 rings (SSSR count). The maximum Gasteiger partial charge on any atom is 0.251 e. The van der Waals surface area contributed by atoms with Crippen LogP contribution < -0.4 is 10.2 Å². The monoisotopic (exact) mass is 403 g/mol. The van der Waals surface area contributed by atoms with Crippen molar-refractivity contribution >= 4 is 22.8 Å². The summed E-state index contributed by atoms with van der Waals surface area (Å²) < 4.78 is 20.2. The van der Waals surface area contributed by atoms with Crippen LogP contribution in [0.15, 0.2) is 65.7 Å². The summed E-state index contributed by atoms with van der Waals surface area (Å²) in [4.78, 5) is 27.4. The van der Waals surface area contributed by atoms with E-state index in [9.17, 15) is 9.18 Å². The summed E-state index contributed by atoms with van der Waals surface area (Å²) in [6.07, 6.45) is 7.27. The number of anilines is 1. The predicted octanol–water partition coefficient (Wildman–Crippen LogP) is 3.43. The first-order valence-electron chi connectivity index (χ1n) is 9.64. The van der Waals surface area contributed by atoms with Crippen LogP contribution >= 0.6 is 0 Å². The average molecular weight is 403 g/mol. The normalized spacial score (nSPS) is 16.2. The van der Waals surface area contributed by atoms with Crippen molar-refractivity contribution in [1.82, 2.24) is 20.3 Å². The molecule has 1 aliphatic rings. The Bertz CT molecular complexity index is 1210. The molecule has 0 radical (unpaired) electrons. The largest absolute Gasteiger partial charge is 0.464 e. The number of carbonyl (C=O) groups is 1.